The second kappa shape index (κ2) is 9.36. The fraction of sp³-hybridized carbons (Fsp3) is 0.286. The lowest BCUT2D eigenvalue weighted by Crippen LogP contribution is -2.20. The monoisotopic (exact) mass is 446 g/mol. The molecule has 30 heavy (non-hydrogen) atoms. The zero-order valence-electron chi connectivity index (χ0n) is 17.2. The molecule has 0 saturated carbocycles. The van der Waals surface area contributed by atoms with Gasteiger partial charge >= 0.3 is 5.97 Å². The molecule has 3 rings (SSSR count). The van der Waals surface area contributed by atoms with Crippen molar-refractivity contribution in [2.75, 3.05) is 17.7 Å². The molecule has 2 N–H and O–H groups in total. The molecule has 9 heteroatoms. The fourth-order valence-corrected chi connectivity index (χ4v) is 4.32. The SMILES string of the molecule is CCc1cc(C(=O)OC)c(NC(=S)Nc2c(C)nn(Cc3cccc(F)c3)c2C)s1. The van der Waals surface area contributed by atoms with Gasteiger partial charge in [-0.15, -0.1) is 11.3 Å². The molecule has 0 fully saturated rings. The minimum atomic E-state index is -0.411. The maximum atomic E-state index is 13.5. The highest BCUT2D eigenvalue weighted by atomic mass is 32.1. The fourth-order valence-electron chi connectivity index (χ4n) is 3.06. The Morgan fingerprint density at radius 1 is 1.30 bits per heavy atom. The zero-order chi connectivity index (χ0) is 21.8. The van der Waals surface area contributed by atoms with E-state index in [9.17, 15) is 9.18 Å². The molecule has 0 aliphatic carbocycles. The predicted molar refractivity (Wildman–Crippen MR) is 122 cm³/mol. The van der Waals surface area contributed by atoms with Crippen molar-refractivity contribution >= 4 is 45.3 Å². The average molecular weight is 447 g/mol. The lowest BCUT2D eigenvalue weighted by atomic mass is 10.2. The molecular formula is C21H23FN4O2S2. The summed E-state index contributed by atoms with van der Waals surface area (Å²) in [4.78, 5) is 13.1. The van der Waals surface area contributed by atoms with E-state index in [1.54, 1.807) is 10.7 Å². The standard InChI is InChI=1S/C21H23FN4O2S2/c1-5-16-10-17(20(27)28-4)19(30-16)24-21(29)23-18-12(2)25-26(13(18)3)11-14-7-6-8-15(22)9-14/h6-10H,5,11H2,1-4H3,(H2,23,24,29). The molecule has 0 amide bonds. The number of aryl methyl sites for hydroxylation is 2. The summed E-state index contributed by atoms with van der Waals surface area (Å²) in [5, 5.41) is 11.8. The van der Waals surface area contributed by atoms with Crippen LogP contribution in [-0.2, 0) is 17.7 Å². The normalized spacial score (nSPS) is 10.7. The van der Waals surface area contributed by atoms with Crippen LogP contribution in [0.5, 0.6) is 0 Å². The van der Waals surface area contributed by atoms with Crippen LogP contribution in [0.25, 0.3) is 0 Å². The molecule has 0 aliphatic rings. The van der Waals surface area contributed by atoms with E-state index in [0.29, 0.717) is 22.2 Å². The van der Waals surface area contributed by atoms with Gasteiger partial charge in [-0.3, -0.25) is 4.68 Å². The van der Waals surface area contributed by atoms with Gasteiger partial charge in [0.2, 0.25) is 0 Å². The van der Waals surface area contributed by atoms with Crippen LogP contribution < -0.4 is 10.6 Å². The number of nitrogens with one attached hydrogen (secondary N) is 2. The van der Waals surface area contributed by atoms with Crippen molar-refractivity contribution in [3.63, 3.8) is 0 Å². The van der Waals surface area contributed by atoms with Gasteiger partial charge in [-0.2, -0.15) is 5.10 Å². The van der Waals surface area contributed by atoms with E-state index in [-0.39, 0.29) is 5.82 Å². The Morgan fingerprint density at radius 2 is 2.07 bits per heavy atom. The topological polar surface area (TPSA) is 68.2 Å². The molecule has 6 nitrogen and oxygen atoms in total. The third kappa shape index (κ3) is 4.85. The smallest absolute Gasteiger partial charge is 0.340 e. The minimum Gasteiger partial charge on any atom is -0.465 e. The van der Waals surface area contributed by atoms with E-state index in [1.807, 2.05) is 32.9 Å². The second-order valence-corrected chi connectivity index (χ2v) is 8.26. The Balaban J connectivity index is 1.77. The van der Waals surface area contributed by atoms with E-state index in [2.05, 4.69) is 15.7 Å². The van der Waals surface area contributed by atoms with Crippen LogP contribution in [0.4, 0.5) is 15.1 Å². The van der Waals surface area contributed by atoms with Crippen molar-refractivity contribution < 1.29 is 13.9 Å². The molecule has 0 aliphatic heterocycles. The Morgan fingerprint density at radius 3 is 2.73 bits per heavy atom. The average Bonchev–Trinajstić information content (AvgIpc) is 3.23. The summed E-state index contributed by atoms with van der Waals surface area (Å²) in [6.45, 7) is 6.27. The summed E-state index contributed by atoms with van der Waals surface area (Å²) in [6.07, 6.45) is 0.807. The van der Waals surface area contributed by atoms with Crippen LogP contribution in [0, 0.1) is 19.7 Å². The van der Waals surface area contributed by atoms with Gasteiger partial charge in [0.1, 0.15) is 10.8 Å². The van der Waals surface area contributed by atoms with Crippen molar-refractivity contribution in [3.8, 4) is 0 Å². The first kappa shape index (κ1) is 21.9. The molecule has 0 unspecified atom stereocenters. The molecule has 3 aromatic rings. The van der Waals surface area contributed by atoms with Gasteiger partial charge in [0, 0.05) is 4.88 Å². The van der Waals surface area contributed by atoms with Crippen LogP contribution in [-0.4, -0.2) is 28.0 Å². The number of ether oxygens (including phenoxy) is 1. The Labute approximate surface area is 184 Å². The third-order valence-corrected chi connectivity index (χ3v) is 6.00. The van der Waals surface area contributed by atoms with Crippen molar-refractivity contribution in [2.45, 2.75) is 33.7 Å². The molecule has 0 spiro atoms. The summed E-state index contributed by atoms with van der Waals surface area (Å²) in [5.74, 6) is -0.687. The van der Waals surface area contributed by atoms with Crippen LogP contribution >= 0.6 is 23.6 Å². The minimum absolute atomic E-state index is 0.276. The Kier molecular flexibility index (Phi) is 6.84. The van der Waals surface area contributed by atoms with E-state index in [1.165, 1.54) is 30.6 Å². The van der Waals surface area contributed by atoms with Crippen LogP contribution in [0.3, 0.4) is 0 Å². The molecule has 0 radical (unpaired) electrons. The molecule has 0 atom stereocenters. The van der Waals surface area contributed by atoms with Gasteiger partial charge < -0.3 is 15.4 Å². The predicted octanol–water partition coefficient (Wildman–Crippen LogP) is 4.91. The summed E-state index contributed by atoms with van der Waals surface area (Å²) >= 11 is 6.93. The van der Waals surface area contributed by atoms with Crippen molar-refractivity contribution in [2.24, 2.45) is 0 Å². The van der Waals surface area contributed by atoms with Gasteiger partial charge in [0.25, 0.3) is 0 Å². The maximum Gasteiger partial charge on any atom is 0.340 e. The van der Waals surface area contributed by atoms with Gasteiger partial charge in [-0.05, 0) is 56.2 Å². The summed E-state index contributed by atoms with van der Waals surface area (Å²) in [5.41, 5.74) is 3.69. The second-order valence-electron chi connectivity index (χ2n) is 6.71. The number of anilines is 2. The first-order valence-electron chi connectivity index (χ1n) is 9.39. The first-order chi connectivity index (χ1) is 14.3. The molecule has 1 aromatic carbocycles. The summed E-state index contributed by atoms with van der Waals surface area (Å²) < 4.78 is 20.1. The lowest BCUT2D eigenvalue weighted by molar-refractivity contribution is 0.0602. The number of thiophene rings is 1. The third-order valence-electron chi connectivity index (χ3n) is 4.61. The molecule has 0 saturated heterocycles. The summed E-state index contributed by atoms with van der Waals surface area (Å²) in [6, 6.07) is 8.26. The highest BCUT2D eigenvalue weighted by Gasteiger charge is 2.18. The first-order valence-corrected chi connectivity index (χ1v) is 10.6. The Bertz CT molecular complexity index is 1090. The number of hydrogen-bond acceptors (Lipinski definition) is 5. The molecule has 0 bridgehead atoms. The van der Waals surface area contributed by atoms with Crippen LogP contribution in [0.1, 0.15) is 39.1 Å². The number of nitrogens with zero attached hydrogens (tertiary/aromatic N) is 2. The number of carbonyl (C=O) groups is 1. The molecule has 2 heterocycles. The van der Waals surface area contributed by atoms with Crippen LogP contribution in [0.2, 0.25) is 0 Å². The van der Waals surface area contributed by atoms with E-state index in [4.69, 9.17) is 17.0 Å². The Hall–Kier alpha value is -2.78. The molecule has 158 valence electrons. The number of halogens is 1. The van der Waals surface area contributed by atoms with Gasteiger partial charge in [-0.1, -0.05) is 19.1 Å². The van der Waals surface area contributed by atoms with E-state index < -0.39 is 5.97 Å². The summed E-state index contributed by atoms with van der Waals surface area (Å²) in [7, 11) is 1.35. The number of thiocarbonyl (C=S) groups is 1. The number of rotatable bonds is 6. The largest absolute Gasteiger partial charge is 0.465 e. The highest BCUT2D eigenvalue weighted by Crippen LogP contribution is 2.30. The molecular weight excluding hydrogens is 423 g/mol. The number of carbonyl (C=O) groups excluding carboxylic acids is 1. The van der Waals surface area contributed by atoms with Gasteiger partial charge in [0.15, 0.2) is 5.11 Å². The maximum absolute atomic E-state index is 13.5. The van der Waals surface area contributed by atoms with Crippen molar-refractivity contribution in [1.29, 1.82) is 0 Å². The van der Waals surface area contributed by atoms with Crippen molar-refractivity contribution in [3.05, 3.63) is 63.5 Å². The number of aromatic nitrogens is 2. The zero-order valence-corrected chi connectivity index (χ0v) is 18.8. The molecule has 2 aromatic heterocycles. The highest BCUT2D eigenvalue weighted by molar-refractivity contribution is 7.80. The number of benzene rings is 1. The van der Waals surface area contributed by atoms with E-state index >= 15 is 0 Å². The number of esters is 1. The number of hydrogen-bond donors (Lipinski definition) is 2. The van der Waals surface area contributed by atoms with E-state index in [0.717, 1.165) is 33.9 Å². The lowest BCUT2D eigenvalue weighted by Gasteiger charge is -2.11. The van der Waals surface area contributed by atoms with Crippen molar-refractivity contribution in [1.82, 2.24) is 9.78 Å². The van der Waals surface area contributed by atoms with Gasteiger partial charge in [-0.25, -0.2) is 9.18 Å². The van der Waals surface area contributed by atoms with Crippen LogP contribution in [0.15, 0.2) is 30.3 Å². The number of methoxy groups -OCH3 is 1. The quantitative estimate of drug-likeness (QED) is 0.414. The van der Waals surface area contributed by atoms with Gasteiger partial charge in [0.05, 0.1) is 36.3 Å².